The van der Waals surface area contributed by atoms with Gasteiger partial charge in [-0.05, 0) is 24.6 Å². The van der Waals surface area contributed by atoms with Crippen LogP contribution in [0.15, 0.2) is 65.1 Å². The zero-order chi connectivity index (χ0) is 13.9. The fraction of sp³-hybridized carbons (Fsp3) is 0.167. The number of hydrogen-bond acceptors (Lipinski definition) is 2. The second-order valence-electron chi connectivity index (χ2n) is 5.06. The van der Waals surface area contributed by atoms with E-state index >= 15 is 0 Å². The lowest BCUT2D eigenvalue weighted by Gasteiger charge is -2.13. The van der Waals surface area contributed by atoms with E-state index in [1.54, 1.807) is 6.92 Å². The maximum Gasteiger partial charge on any atom is 0.134 e. The molecule has 2 nitrogen and oxygen atoms in total. The maximum atomic E-state index is 11.6. The Kier molecular flexibility index (Phi) is 3.38. The lowest BCUT2D eigenvalue weighted by molar-refractivity contribution is -0.117. The zero-order valence-electron chi connectivity index (χ0n) is 11.4. The van der Waals surface area contributed by atoms with E-state index in [9.17, 15) is 4.79 Å². The van der Waals surface area contributed by atoms with E-state index in [1.165, 1.54) is 0 Å². The number of Topliss-reactive ketones (excluding diaryl/α,β-unsaturated/α-hetero) is 1. The van der Waals surface area contributed by atoms with Gasteiger partial charge in [0.1, 0.15) is 17.1 Å². The Balaban J connectivity index is 2.06. The summed E-state index contributed by atoms with van der Waals surface area (Å²) >= 11 is 0. The normalized spacial score (nSPS) is 12.4. The summed E-state index contributed by atoms with van der Waals surface area (Å²) in [4.78, 5) is 11.6. The van der Waals surface area contributed by atoms with Crippen LogP contribution in [0, 0.1) is 0 Å². The third-order valence-electron chi connectivity index (χ3n) is 3.48. The van der Waals surface area contributed by atoms with Crippen molar-refractivity contribution in [3.8, 4) is 0 Å². The molecule has 0 radical (unpaired) electrons. The third-order valence-corrected chi connectivity index (χ3v) is 3.48. The van der Waals surface area contributed by atoms with Crippen LogP contribution < -0.4 is 0 Å². The molecule has 2 aromatic carbocycles. The third kappa shape index (κ3) is 2.50. The number of ketones is 1. The molecule has 0 aliphatic heterocycles. The Bertz CT molecular complexity index is 692. The Hall–Kier alpha value is -2.35. The molecule has 0 saturated heterocycles. The number of furan rings is 1. The molecule has 0 bridgehead atoms. The minimum absolute atomic E-state index is 0.0129. The zero-order valence-corrected chi connectivity index (χ0v) is 11.4. The van der Waals surface area contributed by atoms with Crippen LogP contribution in [-0.2, 0) is 4.79 Å². The fourth-order valence-electron chi connectivity index (χ4n) is 2.53. The molecule has 2 heteroatoms. The largest absolute Gasteiger partial charge is 0.460 e. The van der Waals surface area contributed by atoms with E-state index in [1.807, 2.05) is 60.7 Å². The number of benzene rings is 2. The van der Waals surface area contributed by atoms with Crippen molar-refractivity contribution in [2.75, 3.05) is 0 Å². The van der Waals surface area contributed by atoms with Crippen molar-refractivity contribution in [1.82, 2.24) is 0 Å². The van der Waals surface area contributed by atoms with Gasteiger partial charge >= 0.3 is 0 Å². The monoisotopic (exact) mass is 264 g/mol. The summed E-state index contributed by atoms with van der Waals surface area (Å²) in [7, 11) is 0. The molecular formula is C18H16O2. The first-order chi connectivity index (χ1) is 9.74. The molecule has 0 amide bonds. The van der Waals surface area contributed by atoms with Crippen LogP contribution in [0.1, 0.15) is 30.6 Å². The van der Waals surface area contributed by atoms with Gasteiger partial charge in [-0.15, -0.1) is 0 Å². The predicted molar refractivity (Wildman–Crippen MR) is 79.8 cm³/mol. The average Bonchev–Trinajstić information content (AvgIpc) is 2.89. The lowest BCUT2D eigenvalue weighted by atomic mass is 9.91. The molecule has 0 fully saturated rings. The second kappa shape index (κ2) is 5.33. The van der Waals surface area contributed by atoms with Gasteiger partial charge in [0.05, 0.1) is 0 Å². The number of para-hydroxylation sites is 1. The number of rotatable bonds is 4. The summed E-state index contributed by atoms with van der Waals surface area (Å²) in [6, 6.07) is 20.0. The Morgan fingerprint density at radius 2 is 1.75 bits per heavy atom. The first-order valence-electron chi connectivity index (χ1n) is 6.77. The van der Waals surface area contributed by atoms with Crippen LogP contribution in [0.4, 0.5) is 0 Å². The molecule has 0 N–H and O–H groups in total. The van der Waals surface area contributed by atoms with Gasteiger partial charge < -0.3 is 4.42 Å². The number of fused-ring (bicyclic) bond motifs is 1. The molecular weight excluding hydrogens is 248 g/mol. The Morgan fingerprint density at radius 1 is 1.05 bits per heavy atom. The Labute approximate surface area is 118 Å². The maximum absolute atomic E-state index is 11.6. The molecule has 20 heavy (non-hydrogen) atoms. The van der Waals surface area contributed by atoms with Crippen LogP contribution in [0.25, 0.3) is 11.0 Å². The minimum Gasteiger partial charge on any atom is -0.460 e. The van der Waals surface area contributed by atoms with E-state index < -0.39 is 0 Å². The predicted octanol–water partition coefficient (Wildman–Crippen LogP) is 4.54. The van der Waals surface area contributed by atoms with Gasteiger partial charge in [0.2, 0.25) is 0 Å². The highest BCUT2D eigenvalue weighted by molar-refractivity contribution is 5.80. The molecule has 0 spiro atoms. The molecule has 3 rings (SSSR count). The van der Waals surface area contributed by atoms with Crippen LogP contribution in [0.5, 0.6) is 0 Å². The van der Waals surface area contributed by atoms with Gasteiger partial charge in [0, 0.05) is 17.7 Å². The van der Waals surface area contributed by atoms with Crippen LogP contribution >= 0.6 is 0 Å². The van der Waals surface area contributed by atoms with Gasteiger partial charge in [-0.3, -0.25) is 4.79 Å². The highest BCUT2D eigenvalue weighted by Gasteiger charge is 2.20. The standard InChI is InChI=1S/C18H16O2/c1-13(19)11-16(14-7-3-2-4-8-14)18-12-15-9-5-6-10-17(15)20-18/h2-10,12,16H,11H2,1H3. The van der Waals surface area contributed by atoms with Crippen molar-refractivity contribution in [2.24, 2.45) is 0 Å². The molecule has 100 valence electrons. The van der Waals surface area contributed by atoms with E-state index in [-0.39, 0.29) is 11.7 Å². The lowest BCUT2D eigenvalue weighted by Crippen LogP contribution is -2.05. The van der Waals surface area contributed by atoms with Crippen molar-refractivity contribution in [3.63, 3.8) is 0 Å². The van der Waals surface area contributed by atoms with Gasteiger partial charge in [-0.25, -0.2) is 0 Å². The average molecular weight is 264 g/mol. The molecule has 1 unspecified atom stereocenters. The van der Waals surface area contributed by atoms with Crippen molar-refractivity contribution in [3.05, 3.63) is 72.0 Å². The number of carbonyl (C=O) groups is 1. The summed E-state index contributed by atoms with van der Waals surface area (Å²) in [5.74, 6) is 1.01. The molecule has 1 atom stereocenters. The number of hydrogen-bond donors (Lipinski definition) is 0. The highest BCUT2D eigenvalue weighted by Crippen LogP contribution is 2.32. The topological polar surface area (TPSA) is 30.2 Å². The minimum atomic E-state index is -0.0129. The van der Waals surface area contributed by atoms with Crippen molar-refractivity contribution in [2.45, 2.75) is 19.3 Å². The summed E-state index contributed by atoms with van der Waals surface area (Å²) < 4.78 is 5.93. The molecule has 3 aromatic rings. The molecule has 0 aliphatic carbocycles. The fourth-order valence-corrected chi connectivity index (χ4v) is 2.53. The van der Waals surface area contributed by atoms with E-state index in [0.717, 1.165) is 22.3 Å². The molecule has 1 aromatic heterocycles. The first-order valence-corrected chi connectivity index (χ1v) is 6.77. The van der Waals surface area contributed by atoms with Gasteiger partial charge in [-0.1, -0.05) is 48.5 Å². The SMILES string of the molecule is CC(=O)CC(c1ccccc1)c1cc2ccccc2o1. The van der Waals surface area contributed by atoms with Crippen molar-refractivity contribution < 1.29 is 9.21 Å². The smallest absolute Gasteiger partial charge is 0.134 e. The van der Waals surface area contributed by atoms with Crippen LogP contribution in [0.3, 0.4) is 0 Å². The second-order valence-corrected chi connectivity index (χ2v) is 5.06. The first kappa shape index (κ1) is 12.7. The molecule has 1 heterocycles. The van der Waals surface area contributed by atoms with Crippen LogP contribution in [0.2, 0.25) is 0 Å². The summed E-state index contributed by atoms with van der Waals surface area (Å²) in [6.45, 7) is 1.62. The van der Waals surface area contributed by atoms with E-state index in [2.05, 4.69) is 0 Å². The summed E-state index contributed by atoms with van der Waals surface area (Å²) in [6.07, 6.45) is 0.462. The summed E-state index contributed by atoms with van der Waals surface area (Å²) in [5.41, 5.74) is 1.98. The number of carbonyl (C=O) groups excluding carboxylic acids is 1. The Morgan fingerprint density at radius 3 is 2.45 bits per heavy atom. The van der Waals surface area contributed by atoms with Crippen molar-refractivity contribution in [1.29, 1.82) is 0 Å². The van der Waals surface area contributed by atoms with Crippen molar-refractivity contribution >= 4 is 16.8 Å². The van der Waals surface area contributed by atoms with E-state index in [4.69, 9.17) is 4.42 Å². The molecule has 0 aliphatic rings. The van der Waals surface area contributed by atoms with Gasteiger partial charge in [0.15, 0.2) is 0 Å². The van der Waals surface area contributed by atoms with Gasteiger partial charge in [0.25, 0.3) is 0 Å². The molecule has 0 saturated carbocycles. The quantitative estimate of drug-likeness (QED) is 0.692. The van der Waals surface area contributed by atoms with Gasteiger partial charge in [-0.2, -0.15) is 0 Å². The summed E-state index contributed by atoms with van der Waals surface area (Å²) in [5, 5.41) is 1.08. The van der Waals surface area contributed by atoms with E-state index in [0.29, 0.717) is 6.42 Å². The highest BCUT2D eigenvalue weighted by atomic mass is 16.3. The van der Waals surface area contributed by atoms with Crippen LogP contribution in [-0.4, -0.2) is 5.78 Å².